The van der Waals surface area contributed by atoms with Gasteiger partial charge in [-0.05, 0) is 31.2 Å². The quantitative estimate of drug-likeness (QED) is 0.740. The largest absolute Gasteiger partial charge is 0.480 e. The summed E-state index contributed by atoms with van der Waals surface area (Å²) in [6, 6.07) is 8.55. The highest BCUT2D eigenvalue weighted by Crippen LogP contribution is 2.30. The zero-order valence-corrected chi connectivity index (χ0v) is 15.0. The number of hydrogen-bond acceptors (Lipinski definition) is 4. The lowest BCUT2D eigenvalue weighted by Gasteiger charge is -2.37. The van der Waals surface area contributed by atoms with E-state index in [0.717, 1.165) is 22.0 Å². The van der Waals surface area contributed by atoms with Gasteiger partial charge in [0, 0.05) is 48.8 Å². The second-order valence-electron chi connectivity index (χ2n) is 6.84. The Morgan fingerprint density at radius 3 is 2.63 bits per heavy atom. The van der Waals surface area contributed by atoms with Crippen LogP contribution in [0.4, 0.5) is 0 Å². The summed E-state index contributed by atoms with van der Waals surface area (Å²) >= 11 is 0. The van der Waals surface area contributed by atoms with Gasteiger partial charge in [0.1, 0.15) is 6.04 Å². The van der Waals surface area contributed by atoms with E-state index in [1.807, 2.05) is 30.0 Å². The molecule has 7 heteroatoms. The number of carboxylic acids is 1. The fourth-order valence-corrected chi connectivity index (χ4v) is 3.71. The van der Waals surface area contributed by atoms with Crippen LogP contribution in [0.25, 0.3) is 10.9 Å². The van der Waals surface area contributed by atoms with E-state index in [2.05, 4.69) is 4.98 Å². The molecule has 0 bridgehead atoms. The smallest absolute Gasteiger partial charge is 0.325 e. The molecule has 1 unspecified atom stereocenters. The zero-order chi connectivity index (χ0) is 19.0. The van der Waals surface area contributed by atoms with Crippen molar-refractivity contribution < 1.29 is 19.1 Å². The molecule has 3 aromatic rings. The Morgan fingerprint density at radius 2 is 1.96 bits per heavy atom. The molecule has 1 amide bonds. The number of hydrogen-bond donors (Lipinski definition) is 2. The van der Waals surface area contributed by atoms with Crippen LogP contribution in [0.1, 0.15) is 27.7 Å². The number of carboxylic acid groups (broad SMARTS) is 1. The summed E-state index contributed by atoms with van der Waals surface area (Å²) in [4.78, 5) is 31.3. The van der Waals surface area contributed by atoms with Crippen LogP contribution in [0.15, 0.2) is 47.2 Å². The molecule has 0 saturated carbocycles. The van der Waals surface area contributed by atoms with Crippen LogP contribution in [0, 0.1) is 6.92 Å². The van der Waals surface area contributed by atoms with Crippen molar-refractivity contribution in [1.82, 2.24) is 14.8 Å². The Hall–Kier alpha value is -3.06. The number of aromatic nitrogens is 1. The minimum absolute atomic E-state index is 0.158. The summed E-state index contributed by atoms with van der Waals surface area (Å²) in [5.41, 5.74) is 2.77. The number of furan rings is 1. The summed E-state index contributed by atoms with van der Waals surface area (Å²) in [5.74, 6) is -0.734. The average molecular weight is 367 g/mol. The molecule has 7 nitrogen and oxygen atoms in total. The number of nitrogens with zero attached hydrogens (tertiary/aromatic N) is 2. The molecule has 27 heavy (non-hydrogen) atoms. The van der Waals surface area contributed by atoms with Gasteiger partial charge < -0.3 is 19.4 Å². The van der Waals surface area contributed by atoms with Crippen molar-refractivity contribution in [3.8, 4) is 0 Å². The van der Waals surface area contributed by atoms with Gasteiger partial charge in [-0.15, -0.1) is 0 Å². The van der Waals surface area contributed by atoms with Crippen LogP contribution in [-0.2, 0) is 4.79 Å². The molecule has 1 atom stereocenters. The van der Waals surface area contributed by atoms with E-state index in [1.54, 1.807) is 23.2 Å². The fraction of sp³-hybridized carbons (Fsp3) is 0.300. The van der Waals surface area contributed by atoms with Crippen molar-refractivity contribution in [2.45, 2.75) is 13.0 Å². The Kier molecular flexibility index (Phi) is 4.45. The Morgan fingerprint density at radius 1 is 1.19 bits per heavy atom. The van der Waals surface area contributed by atoms with Crippen molar-refractivity contribution in [3.63, 3.8) is 0 Å². The molecule has 2 N–H and O–H groups in total. The molecule has 3 heterocycles. The third kappa shape index (κ3) is 3.21. The molecule has 1 saturated heterocycles. The molecule has 1 aliphatic rings. The second-order valence-corrected chi connectivity index (χ2v) is 6.84. The molecule has 4 rings (SSSR count). The first-order chi connectivity index (χ1) is 13.0. The van der Waals surface area contributed by atoms with Crippen LogP contribution in [-0.4, -0.2) is 57.9 Å². The number of rotatable bonds is 4. The van der Waals surface area contributed by atoms with Gasteiger partial charge in [0.15, 0.2) is 5.76 Å². The van der Waals surface area contributed by atoms with Gasteiger partial charge in [0.2, 0.25) is 0 Å². The predicted molar refractivity (Wildman–Crippen MR) is 99.6 cm³/mol. The first-order valence-electron chi connectivity index (χ1n) is 8.92. The summed E-state index contributed by atoms with van der Waals surface area (Å²) in [5, 5.41) is 10.8. The van der Waals surface area contributed by atoms with Crippen molar-refractivity contribution in [1.29, 1.82) is 0 Å². The predicted octanol–water partition coefficient (Wildman–Crippen LogP) is 2.65. The van der Waals surface area contributed by atoms with Crippen molar-refractivity contribution in [2.75, 3.05) is 26.2 Å². The summed E-state index contributed by atoms with van der Waals surface area (Å²) < 4.78 is 5.18. The number of aromatic amines is 1. The number of fused-ring (bicyclic) bond motifs is 1. The highest BCUT2D eigenvalue weighted by Gasteiger charge is 2.33. The van der Waals surface area contributed by atoms with E-state index < -0.39 is 12.0 Å². The Balaban J connectivity index is 1.55. The summed E-state index contributed by atoms with van der Waals surface area (Å²) in [6.07, 6.45) is 3.26. The van der Waals surface area contributed by atoms with Gasteiger partial charge in [-0.25, -0.2) is 0 Å². The minimum Gasteiger partial charge on any atom is -0.480 e. The number of nitrogens with one attached hydrogen (secondary N) is 1. The second kappa shape index (κ2) is 6.92. The number of aryl methyl sites for hydroxylation is 1. The van der Waals surface area contributed by atoms with Gasteiger partial charge >= 0.3 is 5.97 Å². The number of H-pyrrole nitrogens is 1. The summed E-state index contributed by atoms with van der Waals surface area (Å²) in [7, 11) is 0. The number of carbonyl (C=O) groups is 2. The van der Waals surface area contributed by atoms with Gasteiger partial charge in [-0.1, -0.05) is 11.6 Å². The topological polar surface area (TPSA) is 89.8 Å². The maximum Gasteiger partial charge on any atom is 0.325 e. The molecule has 0 aliphatic carbocycles. The van der Waals surface area contributed by atoms with E-state index >= 15 is 0 Å². The highest BCUT2D eigenvalue weighted by molar-refractivity contribution is 5.92. The lowest BCUT2D eigenvalue weighted by Crippen LogP contribution is -2.50. The van der Waals surface area contributed by atoms with Crippen LogP contribution in [0.2, 0.25) is 0 Å². The molecule has 0 radical (unpaired) electrons. The zero-order valence-electron chi connectivity index (χ0n) is 15.0. The molecular formula is C20H21N3O4. The van der Waals surface area contributed by atoms with Crippen LogP contribution in [0.3, 0.4) is 0 Å². The van der Waals surface area contributed by atoms with E-state index in [9.17, 15) is 14.7 Å². The van der Waals surface area contributed by atoms with Crippen LogP contribution in [0.5, 0.6) is 0 Å². The van der Waals surface area contributed by atoms with Gasteiger partial charge in [0.25, 0.3) is 5.91 Å². The summed E-state index contributed by atoms with van der Waals surface area (Å²) in [6.45, 7) is 3.89. The monoisotopic (exact) mass is 367 g/mol. The third-order valence-corrected chi connectivity index (χ3v) is 5.10. The molecular weight excluding hydrogens is 346 g/mol. The molecule has 1 fully saturated rings. The lowest BCUT2D eigenvalue weighted by atomic mass is 10.0. The van der Waals surface area contributed by atoms with Crippen molar-refractivity contribution in [2.24, 2.45) is 0 Å². The molecule has 1 aromatic carbocycles. The minimum atomic E-state index is -0.886. The highest BCUT2D eigenvalue weighted by atomic mass is 16.4. The number of carbonyl (C=O) groups excluding carboxylic acids is 1. The first kappa shape index (κ1) is 17.4. The lowest BCUT2D eigenvalue weighted by molar-refractivity contribution is -0.144. The van der Waals surface area contributed by atoms with E-state index in [4.69, 9.17) is 4.42 Å². The first-order valence-corrected chi connectivity index (χ1v) is 8.92. The van der Waals surface area contributed by atoms with Crippen LogP contribution >= 0.6 is 0 Å². The van der Waals surface area contributed by atoms with E-state index in [0.29, 0.717) is 31.9 Å². The molecule has 0 spiro atoms. The molecule has 2 aromatic heterocycles. The van der Waals surface area contributed by atoms with Gasteiger partial charge in [-0.3, -0.25) is 14.5 Å². The van der Waals surface area contributed by atoms with Crippen molar-refractivity contribution in [3.05, 3.63) is 59.7 Å². The maximum absolute atomic E-state index is 12.4. The average Bonchev–Trinajstić information content (AvgIpc) is 3.32. The fourth-order valence-electron chi connectivity index (χ4n) is 3.71. The SMILES string of the molecule is Cc1ccc2[nH]cc(C(C(=O)O)N3CCN(C(=O)c4ccco4)CC3)c2c1. The van der Waals surface area contributed by atoms with Crippen LogP contribution < -0.4 is 0 Å². The number of benzene rings is 1. The Bertz CT molecular complexity index is 968. The van der Waals surface area contributed by atoms with E-state index in [-0.39, 0.29) is 5.91 Å². The van der Waals surface area contributed by atoms with Gasteiger partial charge in [0.05, 0.1) is 6.26 Å². The Labute approximate surface area is 156 Å². The third-order valence-electron chi connectivity index (χ3n) is 5.10. The normalized spacial score (nSPS) is 16.6. The molecule has 140 valence electrons. The standard InChI is InChI=1S/C20H21N3O4/c1-13-4-5-16-14(11-13)15(12-21-16)18(20(25)26)22-6-8-23(9-7-22)19(24)17-3-2-10-27-17/h2-5,10-12,18,21H,6-9H2,1H3,(H,25,26). The molecule has 1 aliphatic heterocycles. The number of aliphatic carboxylic acids is 1. The maximum atomic E-state index is 12.4. The van der Waals surface area contributed by atoms with Crippen molar-refractivity contribution >= 4 is 22.8 Å². The number of amides is 1. The van der Waals surface area contributed by atoms with E-state index in [1.165, 1.54) is 6.26 Å². The van der Waals surface area contributed by atoms with Gasteiger partial charge in [-0.2, -0.15) is 0 Å². The number of piperazine rings is 1.